The molecule has 0 aliphatic heterocycles. The standard InChI is InChI=1S/C32H45FN4O3SSi/c1-11-22-14-26(28(33)27(15-22)40-42(19(2)3,20(4)5)21(6)7)29(30(35)41)37-25-13-12-23(17-34)24(16-25)18-36-31(38)39-32(8,9)10/h12-16,19-21H,11,18H2,1-10H3,(H2,35,41)(H,36,38). The van der Waals surface area contributed by atoms with Crippen molar-refractivity contribution in [2.45, 2.75) is 104 Å². The van der Waals surface area contributed by atoms with Crippen LogP contribution in [0.1, 0.15) is 91.5 Å². The highest BCUT2D eigenvalue weighted by molar-refractivity contribution is 7.82. The summed E-state index contributed by atoms with van der Waals surface area (Å²) >= 11 is 5.35. The number of alkyl carbamates (subject to hydrolysis) is 1. The van der Waals surface area contributed by atoms with Crippen LogP contribution in [0.15, 0.2) is 35.3 Å². The number of ether oxygens (including phenoxy) is 1. The zero-order chi connectivity index (χ0) is 32.0. The lowest BCUT2D eigenvalue weighted by molar-refractivity contribution is 0.0523. The molecule has 42 heavy (non-hydrogen) atoms. The zero-order valence-corrected chi connectivity index (χ0v) is 28.3. The molecule has 1 amide bonds. The van der Waals surface area contributed by atoms with Gasteiger partial charge in [-0.1, -0.05) is 60.7 Å². The van der Waals surface area contributed by atoms with Gasteiger partial charge in [0.2, 0.25) is 0 Å². The van der Waals surface area contributed by atoms with E-state index in [1.807, 2.05) is 6.92 Å². The van der Waals surface area contributed by atoms with Crippen molar-refractivity contribution in [3.05, 3.63) is 58.4 Å². The van der Waals surface area contributed by atoms with Gasteiger partial charge in [0, 0.05) is 12.1 Å². The van der Waals surface area contributed by atoms with E-state index in [0.29, 0.717) is 23.2 Å². The Kier molecular flexibility index (Phi) is 11.8. The molecule has 0 heterocycles. The summed E-state index contributed by atoms with van der Waals surface area (Å²) in [4.78, 5) is 16.8. The Bertz CT molecular complexity index is 1360. The topological polar surface area (TPSA) is 110 Å². The number of amides is 1. The third-order valence-corrected chi connectivity index (χ3v) is 13.4. The number of halogens is 1. The molecule has 0 aromatic heterocycles. The molecule has 0 fully saturated rings. The van der Waals surface area contributed by atoms with E-state index in [1.165, 1.54) is 0 Å². The van der Waals surface area contributed by atoms with Gasteiger partial charge in [-0.2, -0.15) is 5.26 Å². The normalized spacial score (nSPS) is 12.5. The van der Waals surface area contributed by atoms with Crippen molar-refractivity contribution in [2.75, 3.05) is 0 Å². The van der Waals surface area contributed by atoms with Gasteiger partial charge in [0.05, 0.1) is 17.3 Å². The first-order valence-electron chi connectivity index (χ1n) is 14.4. The van der Waals surface area contributed by atoms with Gasteiger partial charge in [0.25, 0.3) is 8.32 Å². The summed E-state index contributed by atoms with van der Waals surface area (Å²) in [7, 11) is -2.47. The van der Waals surface area contributed by atoms with E-state index < -0.39 is 25.8 Å². The van der Waals surface area contributed by atoms with Crippen LogP contribution in [-0.2, 0) is 17.7 Å². The van der Waals surface area contributed by atoms with Crippen molar-refractivity contribution in [1.29, 1.82) is 5.26 Å². The number of nitriles is 1. The van der Waals surface area contributed by atoms with E-state index in [9.17, 15) is 10.1 Å². The third-order valence-electron chi connectivity index (χ3n) is 7.26. The average Bonchev–Trinajstić information content (AvgIpc) is 2.88. The predicted molar refractivity (Wildman–Crippen MR) is 175 cm³/mol. The number of benzene rings is 2. The number of carbonyl (C=O) groups excluding carboxylic acids is 1. The monoisotopic (exact) mass is 612 g/mol. The van der Waals surface area contributed by atoms with E-state index in [0.717, 1.165) is 5.56 Å². The van der Waals surface area contributed by atoms with Gasteiger partial charge in [-0.05, 0) is 85.3 Å². The molecule has 0 atom stereocenters. The molecule has 2 aromatic carbocycles. The van der Waals surface area contributed by atoms with E-state index >= 15 is 4.39 Å². The maximum absolute atomic E-state index is 16.4. The predicted octanol–water partition coefficient (Wildman–Crippen LogP) is 8.25. The smallest absolute Gasteiger partial charge is 0.407 e. The van der Waals surface area contributed by atoms with Crippen LogP contribution >= 0.6 is 12.2 Å². The van der Waals surface area contributed by atoms with Gasteiger partial charge < -0.3 is 20.2 Å². The number of nitrogens with zero attached hydrogens (tertiary/aromatic N) is 2. The molecule has 0 spiro atoms. The van der Waals surface area contributed by atoms with Crippen LogP contribution in [-0.4, -0.2) is 30.7 Å². The fourth-order valence-corrected chi connectivity index (χ4v) is 10.8. The van der Waals surface area contributed by atoms with Crippen molar-refractivity contribution in [3.8, 4) is 11.8 Å². The first-order chi connectivity index (χ1) is 19.5. The fourth-order valence-electron chi connectivity index (χ4n) is 5.41. The number of carbonyl (C=O) groups is 1. The molecule has 10 heteroatoms. The Morgan fingerprint density at radius 3 is 2.19 bits per heavy atom. The molecule has 0 saturated carbocycles. The Labute approximate surface area is 256 Å². The first kappa shape index (κ1) is 34.9. The third kappa shape index (κ3) is 8.39. The van der Waals surface area contributed by atoms with Crippen molar-refractivity contribution >= 4 is 43.0 Å². The second-order valence-corrected chi connectivity index (χ2v) is 18.2. The summed E-state index contributed by atoms with van der Waals surface area (Å²) < 4.78 is 28.4. The van der Waals surface area contributed by atoms with Crippen LogP contribution in [0.3, 0.4) is 0 Å². The number of nitrogens with two attached hydrogens (primary N) is 1. The highest BCUT2D eigenvalue weighted by atomic mass is 32.1. The molecule has 0 saturated heterocycles. The number of hydrogen-bond donors (Lipinski definition) is 2. The number of thiocarbonyl (C=S) groups is 1. The first-order valence-corrected chi connectivity index (χ1v) is 16.9. The maximum atomic E-state index is 16.4. The summed E-state index contributed by atoms with van der Waals surface area (Å²) in [6.45, 7) is 20.2. The molecular weight excluding hydrogens is 568 g/mol. The van der Waals surface area contributed by atoms with Gasteiger partial charge in [-0.25, -0.2) is 14.2 Å². The molecule has 0 bridgehead atoms. The summed E-state index contributed by atoms with van der Waals surface area (Å²) in [6, 6.07) is 10.4. The highest BCUT2D eigenvalue weighted by Gasteiger charge is 2.47. The number of rotatable bonds is 11. The van der Waals surface area contributed by atoms with Gasteiger partial charge in [0.15, 0.2) is 5.82 Å². The van der Waals surface area contributed by atoms with Crippen LogP contribution in [0.2, 0.25) is 16.6 Å². The Balaban J connectivity index is 2.64. The van der Waals surface area contributed by atoms with E-state index in [2.05, 4.69) is 57.9 Å². The highest BCUT2D eigenvalue weighted by Crippen LogP contribution is 2.44. The SMILES string of the molecule is CCc1cc(O[Si](C(C)C)(C(C)C)C(C)C)c(F)c(C(=Nc2ccc(C#N)c(CNC(=O)OC(C)(C)C)c2)C(N)=S)c1. The lowest BCUT2D eigenvalue weighted by Gasteiger charge is -2.42. The number of aryl methyl sites for hydroxylation is 1. The zero-order valence-electron chi connectivity index (χ0n) is 26.5. The summed E-state index contributed by atoms with van der Waals surface area (Å²) in [5.74, 6) is -0.365. The molecule has 0 radical (unpaired) electrons. The Hall–Kier alpha value is -3.29. The van der Waals surface area contributed by atoms with Gasteiger partial charge in [-0.3, -0.25) is 0 Å². The average molecular weight is 613 g/mol. The minimum atomic E-state index is -2.47. The molecule has 0 aliphatic rings. The van der Waals surface area contributed by atoms with Crippen LogP contribution in [0.25, 0.3) is 0 Å². The molecule has 3 N–H and O–H groups in total. The minimum Gasteiger partial charge on any atom is -0.541 e. The second-order valence-electron chi connectivity index (χ2n) is 12.4. The Morgan fingerprint density at radius 1 is 1.12 bits per heavy atom. The largest absolute Gasteiger partial charge is 0.541 e. The molecule has 7 nitrogen and oxygen atoms in total. The molecular formula is C32H45FN4O3SSi. The minimum absolute atomic E-state index is 0.0353. The molecule has 0 aliphatic carbocycles. The quantitative estimate of drug-likeness (QED) is 0.150. The van der Waals surface area contributed by atoms with Crippen molar-refractivity contribution in [2.24, 2.45) is 10.7 Å². The number of hydrogen-bond acceptors (Lipinski definition) is 6. The maximum Gasteiger partial charge on any atom is 0.407 e. The second kappa shape index (κ2) is 14.3. The number of aliphatic imine (C=N–C) groups is 1. The molecule has 228 valence electrons. The van der Waals surface area contributed by atoms with Crippen LogP contribution < -0.4 is 15.5 Å². The van der Waals surface area contributed by atoms with Gasteiger partial charge in [-0.15, -0.1) is 0 Å². The summed E-state index contributed by atoms with van der Waals surface area (Å²) in [5, 5.41) is 12.3. The molecule has 0 unspecified atom stereocenters. The lowest BCUT2D eigenvalue weighted by atomic mass is 10.0. The fraction of sp³-hybridized carbons (Fsp3) is 0.500. The lowest BCUT2D eigenvalue weighted by Crippen LogP contribution is -2.51. The number of nitrogens with one attached hydrogen (secondary N) is 1. The summed E-state index contributed by atoms with van der Waals surface area (Å²) in [5.41, 5.74) is 8.61. The van der Waals surface area contributed by atoms with Crippen molar-refractivity contribution < 1.29 is 18.3 Å². The van der Waals surface area contributed by atoms with Crippen molar-refractivity contribution in [3.63, 3.8) is 0 Å². The van der Waals surface area contributed by atoms with Crippen molar-refractivity contribution in [1.82, 2.24) is 5.32 Å². The Morgan fingerprint density at radius 2 is 1.71 bits per heavy atom. The van der Waals surface area contributed by atoms with Gasteiger partial charge >= 0.3 is 6.09 Å². The van der Waals surface area contributed by atoms with E-state index in [1.54, 1.807) is 51.1 Å². The molecule has 2 aromatic rings. The van der Waals surface area contributed by atoms with Gasteiger partial charge in [0.1, 0.15) is 22.1 Å². The van der Waals surface area contributed by atoms with E-state index in [4.69, 9.17) is 27.1 Å². The summed E-state index contributed by atoms with van der Waals surface area (Å²) in [6.07, 6.45) is 0.0319. The molecule has 2 rings (SSSR count). The van der Waals surface area contributed by atoms with E-state index in [-0.39, 0.29) is 45.2 Å². The van der Waals surface area contributed by atoms with Crippen LogP contribution in [0.4, 0.5) is 14.9 Å². The van der Waals surface area contributed by atoms with Crippen LogP contribution in [0.5, 0.6) is 5.75 Å². The van der Waals surface area contributed by atoms with Crippen LogP contribution in [0, 0.1) is 17.1 Å².